The highest BCUT2D eigenvalue weighted by molar-refractivity contribution is 7.13. The average molecular weight is 523 g/mol. The fourth-order valence-corrected chi connectivity index (χ4v) is 6.60. The molecule has 7 heteroatoms. The molecule has 1 fully saturated rings. The molecular weight excluding hydrogens is 488 g/mol. The topological polar surface area (TPSA) is 81.4 Å². The maximum atomic E-state index is 12.9. The zero-order valence-electron chi connectivity index (χ0n) is 20.7. The first-order chi connectivity index (χ1) is 17.5. The summed E-state index contributed by atoms with van der Waals surface area (Å²) >= 11 is 3.59. The minimum Gasteiger partial charge on any atom is -0.426 e. The molecule has 2 heterocycles. The lowest BCUT2D eigenvalue weighted by atomic mass is 9.79. The van der Waals surface area contributed by atoms with E-state index in [2.05, 4.69) is 47.3 Å². The molecule has 0 spiro atoms. The summed E-state index contributed by atoms with van der Waals surface area (Å²) in [6, 6.07) is 13.4. The van der Waals surface area contributed by atoms with Crippen LogP contribution in [0, 0.1) is 18.8 Å². The molecule has 0 bridgehead atoms. The number of ether oxygens (including phenoxy) is 1. The summed E-state index contributed by atoms with van der Waals surface area (Å²) in [7, 11) is 0. The molecule has 190 valence electrons. The van der Waals surface area contributed by atoms with Gasteiger partial charge in [0, 0.05) is 34.0 Å². The zero-order valence-corrected chi connectivity index (χ0v) is 22.3. The van der Waals surface area contributed by atoms with Gasteiger partial charge in [-0.2, -0.15) is 0 Å². The summed E-state index contributed by atoms with van der Waals surface area (Å²) in [5.41, 5.74) is 8.74. The number of thiophene rings is 2. The number of nitrogens with two attached hydrogens (primary N) is 1. The molecule has 2 atom stereocenters. The molecule has 1 aliphatic rings. The molecule has 1 aromatic carbocycles. The fraction of sp³-hybridized carbons (Fsp3) is 0.379. The van der Waals surface area contributed by atoms with E-state index in [0.29, 0.717) is 23.9 Å². The fourth-order valence-electron chi connectivity index (χ4n) is 4.78. The van der Waals surface area contributed by atoms with E-state index < -0.39 is 0 Å². The van der Waals surface area contributed by atoms with Crippen LogP contribution >= 0.6 is 22.7 Å². The number of amides is 1. The summed E-state index contributed by atoms with van der Waals surface area (Å²) < 4.78 is 5.68. The highest BCUT2D eigenvalue weighted by Crippen LogP contribution is 2.36. The molecule has 0 saturated heterocycles. The first-order valence-corrected chi connectivity index (χ1v) is 14.4. The van der Waals surface area contributed by atoms with Crippen LogP contribution in [0.15, 0.2) is 59.3 Å². The Morgan fingerprint density at radius 3 is 2.64 bits per heavy atom. The van der Waals surface area contributed by atoms with Crippen LogP contribution in [0.25, 0.3) is 5.57 Å². The molecule has 3 aromatic rings. The number of rotatable bonds is 10. The Balaban J connectivity index is 1.30. The quantitative estimate of drug-likeness (QED) is 0.221. The van der Waals surface area contributed by atoms with Crippen molar-refractivity contribution in [2.24, 2.45) is 17.6 Å². The second-order valence-corrected chi connectivity index (χ2v) is 11.2. The van der Waals surface area contributed by atoms with Crippen LogP contribution in [0.3, 0.4) is 0 Å². The number of hydrogen-bond acceptors (Lipinski definition) is 6. The van der Waals surface area contributed by atoms with Gasteiger partial charge >= 0.3 is 5.97 Å². The highest BCUT2D eigenvalue weighted by Gasteiger charge is 2.28. The van der Waals surface area contributed by atoms with Gasteiger partial charge in [-0.25, -0.2) is 0 Å². The summed E-state index contributed by atoms with van der Waals surface area (Å²) in [4.78, 5) is 27.2. The van der Waals surface area contributed by atoms with Gasteiger partial charge in [0.25, 0.3) is 0 Å². The molecule has 2 unspecified atom stereocenters. The first kappa shape index (κ1) is 26.3. The molecule has 0 radical (unpaired) electrons. The van der Waals surface area contributed by atoms with Gasteiger partial charge in [-0.1, -0.05) is 25.0 Å². The summed E-state index contributed by atoms with van der Waals surface area (Å²) in [5.74, 6) is 0.700. The molecule has 3 N–H and O–H groups in total. The van der Waals surface area contributed by atoms with E-state index >= 15 is 0 Å². The van der Waals surface area contributed by atoms with Crippen molar-refractivity contribution in [2.75, 3.05) is 11.9 Å². The number of allylic oxidation sites excluding steroid dienone is 1. The van der Waals surface area contributed by atoms with E-state index in [1.807, 2.05) is 0 Å². The standard InChI is InChI=1S/C29H34N2O3S2/c1-20-15-18-36-28(20)25(26-9-4-17-35-26)8-3-6-21-5-2-7-22(19-21)29(33)34-24-12-10-23(11-13-24)31-27(32)14-16-30/h4,8-13,15,17-18,21-22H,2-3,5-7,14,16,19,30H2,1H3,(H,31,32)/b25-8-. The summed E-state index contributed by atoms with van der Waals surface area (Å²) in [5, 5.41) is 7.07. The zero-order chi connectivity index (χ0) is 25.3. The minimum absolute atomic E-state index is 0.0621. The predicted octanol–water partition coefficient (Wildman–Crippen LogP) is 7.03. The second kappa shape index (κ2) is 13.0. The van der Waals surface area contributed by atoms with Crippen LogP contribution < -0.4 is 15.8 Å². The van der Waals surface area contributed by atoms with E-state index in [0.717, 1.165) is 32.1 Å². The average Bonchev–Trinajstić information content (AvgIpc) is 3.56. The van der Waals surface area contributed by atoms with Gasteiger partial charge in [0.1, 0.15) is 5.75 Å². The maximum Gasteiger partial charge on any atom is 0.314 e. The molecule has 36 heavy (non-hydrogen) atoms. The molecule has 1 aliphatic carbocycles. The van der Waals surface area contributed by atoms with Crippen LogP contribution in [0.4, 0.5) is 5.69 Å². The Morgan fingerprint density at radius 1 is 1.11 bits per heavy atom. The molecular formula is C29H34N2O3S2. The lowest BCUT2D eigenvalue weighted by Gasteiger charge is -2.27. The van der Waals surface area contributed by atoms with Gasteiger partial charge < -0.3 is 15.8 Å². The van der Waals surface area contributed by atoms with E-state index in [9.17, 15) is 9.59 Å². The lowest BCUT2D eigenvalue weighted by molar-refractivity contribution is -0.140. The number of carbonyl (C=O) groups excluding carboxylic acids is 2. The van der Waals surface area contributed by atoms with Gasteiger partial charge in [-0.05, 0) is 91.2 Å². The summed E-state index contributed by atoms with van der Waals surface area (Å²) in [6.07, 6.45) is 8.75. The molecule has 5 nitrogen and oxygen atoms in total. The van der Waals surface area contributed by atoms with E-state index in [4.69, 9.17) is 10.5 Å². The molecule has 1 amide bonds. The Kier molecular flexibility index (Phi) is 9.50. The predicted molar refractivity (Wildman–Crippen MR) is 150 cm³/mol. The van der Waals surface area contributed by atoms with Crippen LogP contribution in [0.5, 0.6) is 5.75 Å². The number of benzene rings is 1. The number of aryl methyl sites for hydroxylation is 1. The van der Waals surface area contributed by atoms with Crippen LogP contribution in [0.1, 0.15) is 60.3 Å². The Hall–Kier alpha value is -2.74. The Bertz CT molecular complexity index is 1170. The first-order valence-electron chi connectivity index (χ1n) is 12.6. The van der Waals surface area contributed by atoms with E-state index in [-0.39, 0.29) is 24.2 Å². The molecule has 1 saturated carbocycles. The van der Waals surface area contributed by atoms with Crippen LogP contribution in [-0.2, 0) is 9.59 Å². The van der Waals surface area contributed by atoms with Crippen molar-refractivity contribution in [3.8, 4) is 5.75 Å². The third kappa shape index (κ3) is 7.15. The summed E-state index contributed by atoms with van der Waals surface area (Å²) in [6.45, 7) is 2.49. The van der Waals surface area contributed by atoms with E-state index in [1.54, 1.807) is 46.9 Å². The smallest absolute Gasteiger partial charge is 0.314 e. The van der Waals surface area contributed by atoms with Gasteiger partial charge in [0.2, 0.25) is 5.91 Å². The monoisotopic (exact) mass is 522 g/mol. The van der Waals surface area contributed by atoms with Gasteiger partial charge in [-0.15, -0.1) is 22.7 Å². The van der Waals surface area contributed by atoms with Crippen molar-refractivity contribution >= 4 is 45.8 Å². The van der Waals surface area contributed by atoms with Gasteiger partial charge in [-0.3, -0.25) is 9.59 Å². The maximum absolute atomic E-state index is 12.9. The number of hydrogen-bond donors (Lipinski definition) is 2. The number of anilines is 1. The van der Waals surface area contributed by atoms with Crippen LogP contribution in [-0.4, -0.2) is 18.4 Å². The largest absolute Gasteiger partial charge is 0.426 e. The number of carbonyl (C=O) groups is 2. The second-order valence-electron chi connectivity index (χ2n) is 9.37. The lowest BCUT2D eigenvalue weighted by Crippen LogP contribution is -2.26. The normalized spacial score (nSPS) is 18.1. The third-order valence-electron chi connectivity index (χ3n) is 6.66. The van der Waals surface area contributed by atoms with Crippen LogP contribution in [0.2, 0.25) is 0 Å². The number of nitrogens with one attached hydrogen (secondary N) is 1. The van der Waals surface area contributed by atoms with Crippen molar-refractivity contribution < 1.29 is 14.3 Å². The van der Waals surface area contributed by atoms with Gasteiger partial charge in [0.15, 0.2) is 0 Å². The van der Waals surface area contributed by atoms with Crippen molar-refractivity contribution in [1.82, 2.24) is 0 Å². The van der Waals surface area contributed by atoms with Gasteiger partial charge in [0.05, 0.1) is 5.92 Å². The minimum atomic E-state index is -0.149. The Labute approximate surface area is 221 Å². The van der Waals surface area contributed by atoms with Crippen molar-refractivity contribution in [1.29, 1.82) is 0 Å². The van der Waals surface area contributed by atoms with E-state index in [1.165, 1.54) is 27.3 Å². The van der Waals surface area contributed by atoms with Crippen molar-refractivity contribution in [3.05, 3.63) is 74.6 Å². The Morgan fingerprint density at radius 2 is 1.94 bits per heavy atom. The SMILES string of the molecule is Cc1ccsc1/C(=C\CCC1CCCC(C(=O)Oc2ccc(NC(=O)CCN)cc2)C1)c1cccs1. The highest BCUT2D eigenvalue weighted by atomic mass is 32.1. The third-order valence-corrected chi connectivity index (χ3v) is 8.61. The molecule has 2 aromatic heterocycles. The number of esters is 1. The molecule has 0 aliphatic heterocycles. The van der Waals surface area contributed by atoms with Crippen molar-refractivity contribution in [2.45, 2.75) is 51.9 Å². The molecule has 4 rings (SSSR count). The van der Waals surface area contributed by atoms with Crippen molar-refractivity contribution in [3.63, 3.8) is 0 Å².